The molecule has 0 saturated heterocycles. The van der Waals surface area contributed by atoms with E-state index >= 15 is 0 Å². The lowest BCUT2D eigenvalue weighted by atomic mass is 10.2. The van der Waals surface area contributed by atoms with Gasteiger partial charge in [0.1, 0.15) is 0 Å². The fraction of sp³-hybridized carbons (Fsp3) is 0.667. The lowest BCUT2D eigenvalue weighted by Gasteiger charge is -2.18. The van der Waals surface area contributed by atoms with Crippen molar-refractivity contribution in [3.63, 3.8) is 0 Å². The van der Waals surface area contributed by atoms with E-state index in [1.165, 1.54) is 0 Å². The minimum absolute atomic E-state index is 0.274. The maximum atomic E-state index is 11.7. The van der Waals surface area contributed by atoms with Gasteiger partial charge >= 0.3 is 0 Å². The topological polar surface area (TPSA) is 38.1 Å². The van der Waals surface area contributed by atoms with Gasteiger partial charge in [-0.3, -0.25) is 4.79 Å². The van der Waals surface area contributed by atoms with Gasteiger partial charge in [-0.1, -0.05) is 0 Å². The van der Waals surface area contributed by atoms with Gasteiger partial charge in [0.2, 0.25) is 5.91 Å². The number of carbonyl (C=O) groups excluding carboxylic acids is 1. The van der Waals surface area contributed by atoms with Crippen LogP contribution in [0.25, 0.3) is 0 Å². The highest BCUT2D eigenvalue weighted by atomic mass is 16.2. The number of imidazole rings is 1. The summed E-state index contributed by atoms with van der Waals surface area (Å²) in [5.74, 6) is 0.274. The molecule has 16 heavy (non-hydrogen) atoms. The minimum atomic E-state index is 0.274. The lowest BCUT2D eigenvalue weighted by molar-refractivity contribution is -0.130. The van der Waals surface area contributed by atoms with Crippen LogP contribution in [-0.2, 0) is 11.3 Å². The molecule has 0 spiro atoms. The van der Waals surface area contributed by atoms with Crippen molar-refractivity contribution in [2.45, 2.75) is 39.7 Å². The van der Waals surface area contributed by atoms with Crippen molar-refractivity contribution >= 4 is 5.91 Å². The summed E-state index contributed by atoms with van der Waals surface area (Å²) in [4.78, 5) is 17.5. The summed E-state index contributed by atoms with van der Waals surface area (Å²) < 4.78 is 2.04. The van der Waals surface area contributed by atoms with Crippen molar-refractivity contribution in [1.29, 1.82) is 0 Å². The van der Waals surface area contributed by atoms with E-state index in [0.717, 1.165) is 32.5 Å². The zero-order chi connectivity index (χ0) is 11.8. The highest BCUT2D eigenvalue weighted by molar-refractivity contribution is 5.75. The van der Waals surface area contributed by atoms with Gasteiger partial charge in [-0.25, -0.2) is 4.98 Å². The van der Waals surface area contributed by atoms with E-state index < -0.39 is 0 Å². The smallest absolute Gasteiger partial charge is 0.222 e. The number of amides is 1. The molecule has 0 aliphatic carbocycles. The molecule has 4 heteroatoms. The summed E-state index contributed by atoms with van der Waals surface area (Å²) in [6.07, 6.45) is 8.19. The summed E-state index contributed by atoms with van der Waals surface area (Å²) in [7, 11) is 0. The Labute approximate surface area is 97.3 Å². The number of aromatic nitrogens is 2. The standard InChI is InChI=1S/C12H21N3O/c1-3-15(4-2)12(16)7-5-6-9-14-10-8-13-11-14/h8,10-11H,3-7,9H2,1-2H3. The predicted octanol–water partition coefficient (Wildman–Crippen LogP) is 1.92. The summed E-state index contributed by atoms with van der Waals surface area (Å²) >= 11 is 0. The van der Waals surface area contributed by atoms with Crippen LogP contribution in [0.2, 0.25) is 0 Å². The van der Waals surface area contributed by atoms with Gasteiger partial charge in [-0.2, -0.15) is 0 Å². The van der Waals surface area contributed by atoms with E-state index in [4.69, 9.17) is 0 Å². The van der Waals surface area contributed by atoms with Gasteiger partial charge in [0, 0.05) is 38.4 Å². The second-order valence-corrected chi connectivity index (χ2v) is 3.82. The molecule has 0 radical (unpaired) electrons. The molecule has 90 valence electrons. The first-order valence-electron chi connectivity index (χ1n) is 6.01. The monoisotopic (exact) mass is 223 g/mol. The first kappa shape index (κ1) is 12.7. The van der Waals surface area contributed by atoms with Crippen molar-refractivity contribution in [3.8, 4) is 0 Å². The largest absolute Gasteiger partial charge is 0.343 e. The molecule has 1 rings (SSSR count). The van der Waals surface area contributed by atoms with Gasteiger partial charge in [0.25, 0.3) is 0 Å². The molecule has 0 aliphatic heterocycles. The zero-order valence-electron chi connectivity index (χ0n) is 10.2. The Balaban J connectivity index is 2.13. The second kappa shape index (κ2) is 7.04. The van der Waals surface area contributed by atoms with Crippen LogP contribution in [0.4, 0.5) is 0 Å². The third kappa shape index (κ3) is 4.04. The fourth-order valence-electron chi connectivity index (χ4n) is 1.72. The molecule has 1 amide bonds. The summed E-state index contributed by atoms with van der Waals surface area (Å²) in [6, 6.07) is 0. The van der Waals surface area contributed by atoms with Crippen molar-refractivity contribution < 1.29 is 4.79 Å². The Hall–Kier alpha value is -1.32. The van der Waals surface area contributed by atoms with Crippen molar-refractivity contribution in [2.75, 3.05) is 13.1 Å². The van der Waals surface area contributed by atoms with Gasteiger partial charge < -0.3 is 9.47 Å². The molecule has 0 fully saturated rings. The molecular formula is C12H21N3O. The number of aryl methyl sites for hydroxylation is 1. The van der Waals surface area contributed by atoms with Crippen LogP contribution in [-0.4, -0.2) is 33.4 Å². The van der Waals surface area contributed by atoms with Crippen molar-refractivity contribution in [2.24, 2.45) is 0 Å². The summed E-state index contributed by atoms with van der Waals surface area (Å²) in [5, 5.41) is 0. The van der Waals surface area contributed by atoms with Crippen LogP contribution in [0.5, 0.6) is 0 Å². The SMILES string of the molecule is CCN(CC)C(=O)CCCCn1ccnc1. The third-order valence-corrected chi connectivity index (χ3v) is 2.73. The second-order valence-electron chi connectivity index (χ2n) is 3.82. The van der Waals surface area contributed by atoms with Gasteiger partial charge in [-0.15, -0.1) is 0 Å². The summed E-state index contributed by atoms with van der Waals surface area (Å²) in [6.45, 7) is 6.62. The lowest BCUT2D eigenvalue weighted by Crippen LogP contribution is -2.30. The highest BCUT2D eigenvalue weighted by Gasteiger charge is 2.08. The number of hydrogen-bond acceptors (Lipinski definition) is 2. The van der Waals surface area contributed by atoms with Crippen LogP contribution in [0, 0.1) is 0 Å². The molecule has 1 aromatic heterocycles. The molecule has 0 aromatic carbocycles. The van der Waals surface area contributed by atoms with E-state index in [1.807, 2.05) is 35.8 Å². The van der Waals surface area contributed by atoms with Gasteiger partial charge in [0.15, 0.2) is 0 Å². The van der Waals surface area contributed by atoms with E-state index in [0.29, 0.717) is 6.42 Å². The van der Waals surface area contributed by atoms with Crippen LogP contribution in [0.1, 0.15) is 33.1 Å². The Morgan fingerprint density at radius 1 is 1.31 bits per heavy atom. The Morgan fingerprint density at radius 3 is 2.62 bits per heavy atom. The summed E-state index contributed by atoms with van der Waals surface area (Å²) in [5.41, 5.74) is 0. The Bertz CT molecular complexity index is 291. The number of hydrogen-bond donors (Lipinski definition) is 0. The molecule has 0 saturated carbocycles. The maximum absolute atomic E-state index is 11.7. The molecular weight excluding hydrogens is 202 g/mol. The van der Waals surface area contributed by atoms with E-state index in [2.05, 4.69) is 4.98 Å². The van der Waals surface area contributed by atoms with Crippen LogP contribution in [0.15, 0.2) is 18.7 Å². The Kier molecular flexibility index (Phi) is 5.61. The first-order chi connectivity index (χ1) is 7.77. The first-order valence-corrected chi connectivity index (χ1v) is 6.01. The van der Waals surface area contributed by atoms with E-state index in [1.54, 1.807) is 6.20 Å². The molecule has 0 aliphatic rings. The van der Waals surface area contributed by atoms with Gasteiger partial charge in [0.05, 0.1) is 6.33 Å². The van der Waals surface area contributed by atoms with Crippen molar-refractivity contribution in [1.82, 2.24) is 14.5 Å². The predicted molar refractivity (Wildman–Crippen MR) is 64.0 cm³/mol. The fourth-order valence-corrected chi connectivity index (χ4v) is 1.72. The number of unbranched alkanes of at least 4 members (excludes halogenated alkanes) is 1. The molecule has 1 heterocycles. The van der Waals surface area contributed by atoms with Gasteiger partial charge in [-0.05, 0) is 26.7 Å². The zero-order valence-corrected chi connectivity index (χ0v) is 10.2. The van der Waals surface area contributed by atoms with Crippen LogP contribution < -0.4 is 0 Å². The maximum Gasteiger partial charge on any atom is 0.222 e. The molecule has 4 nitrogen and oxygen atoms in total. The minimum Gasteiger partial charge on any atom is -0.343 e. The number of nitrogens with zero attached hydrogens (tertiary/aromatic N) is 3. The number of rotatable bonds is 7. The molecule has 0 atom stereocenters. The third-order valence-electron chi connectivity index (χ3n) is 2.73. The molecule has 0 N–H and O–H groups in total. The quantitative estimate of drug-likeness (QED) is 0.662. The normalized spacial score (nSPS) is 10.4. The van der Waals surface area contributed by atoms with E-state index in [9.17, 15) is 4.79 Å². The highest BCUT2D eigenvalue weighted by Crippen LogP contribution is 2.02. The molecule has 1 aromatic rings. The average molecular weight is 223 g/mol. The average Bonchev–Trinajstić information content (AvgIpc) is 2.79. The molecule has 0 unspecified atom stereocenters. The van der Waals surface area contributed by atoms with Crippen molar-refractivity contribution in [3.05, 3.63) is 18.7 Å². The van der Waals surface area contributed by atoms with Crippen LogP contribution in [0.3, 0.4) is 0 Å². The molecule has 0 bridgehead atoms. The number of carbonyl (C=O) groups is 1. The van der Waals surface area contributed by atoms with Crippen LogP contribution >= 0.6 is 0 Å². The van der Waals surface area contributed by atoms with E-state index in [-0.39, 0.29) is 5.91 Å². The Morgan fingerprint density at radius 2 is 2.06 bits per heavy atom.